The van der Waals surface area contributed by atoms with Crippen molar-refractivity contribution in [2.75, 3.05) is 19.6 Å². The van der Waals surface area contributed by atoms with Gasteiger partial charge in [-0.3, -0.25) is 0 Å². The van der Waals surface area contributed by atoms with Gasteiger partial charge in [0.15, 0.2) is 0 Å². The second-order valence-electron chi connectivity index (χ2n) is 4.36. The molecule has 0 aliphatic carbocycles. The molecule has 1 spiro atoms. The van der Waals surface area contributed by atoms with Crippen LogP contribution in [0.15, 0.2) is 0 Å². The first kappa shape index (κ1) is 9.63. The van der Waals surface area contributed by atoms with E-state index in [1.165, 1.54) is 5.69 Å². The third-order valence-electron chi connectivity index (χ3n) is 3.50. The van der Waals surface area contributed by atoms with E-state index in [0.29, 0.717) is 5.28 Å². The Kier molecular flexibility index (Phi) is 2.23. The average molecular weight is 227 g/mol. The average Bonchev–Trinajstić information content (AvgIpc) is 2.62. The number of aromatic nitrogens is 2. The van der Waals surface area contributed by atoms with Gasteiger partial charge < -0.3 is 15.6 Å². The molecule has 0 aromatic carbocycles. The minimum Gasteiger partial charge on any atom is -0.332 e. The van der Waals surface area contributed by atoms with Crippen LogP contribution in [0.5, 0.6) is 0 Å². The van der Waals surface area contributed by atoms with Crippen molar-refractivity contribution < 1.29 is 0 Å². The molecule has 0 atom stereocenters. The number of nitrogens with one attached hydrogen (secondary N) is 3. The van der Waals surface area contributed by atoms with Crippen LogP contribution in [0.3, 0.4) is 0 Å². The molecule has 4 nitrogen and oxygen atoms in total. The molecule has 0 bridgehead atoms. The van der Waals surface area contributed by atoms with E-state index in [9.17, 15) is 0 Å². The summed E-state index contributed by atoms with van der Waals surface area (Å²) in [5, 5.41) is 7.54. The summed E-state index contributed by atoms with van der Waals surface area (Å²) in [7, 11) is 0. The number of nitrogens with zero attached hydrogens (tertiary/aromatic N) is 1. The SMILES string of the molecule is Clc1nc2c([nH]1)CCNC21CCNCC1. The Labute approximate surface area is 93.8 Å². The zero-order chi connectivity index (χ0) is 10.3. The zero-order valence-corrected chi connectivity index (χ0v) is 9.32. The van der Waals surface area contributed by atoms with Crippen molar-refractivity contribution in [1.29, 1.82) is 0 Å². The van der Waals surface area contributed by atoms with Gasteiger partial charge in [0.1, 0.15) is 0 Å². The number of aromatic amines is 1. The number of fused-ring (bicyclic) bond motifs is 2. The first-order chi connectivity index (χ1) is 7.30. The first-order valence-corrected chi connectivity index (χ1v) is 5.89. The van der Waals surface area contributed by atoms with Gasteiger partial charge >= 0.3 is 0 Å². The molecule has 2 aliphatic heterocycles. The molecule has 82 valence electrons. The summed E-state index contributed by atoms with van der Waals surface area (Å²) < 4.78 is 0. The number of hydrogen-bond donors (Lipinski definition) is 3. The van der Waals surface area contributed by atoms with Gasteiger partial charge in [0.05, 0.1) is 11.2 Å². The van der Waals surface area contributed by atoms with Crippen molar-refractivity contribution in [3.05, 3.63) is 16.7 Å². The van der Waals surface area contributed by atoms with Gasteiger partial charge in [-0.25, -0.2) is 4.98 Å². The highest BCUT2D eigenvalue weighted by atomic mass is 35.5. The lowest BCUT2D eigenvalue weighted by Gasteiger charge is -2.40. The van der Waals surface area contributed by atoms with E-state index >= 15 is 0 Å². The van der Waals surface area contributed by atoms with Gasteiger partial charge in [-0.15, -0.1) is 0 Å². The molecule has 2 aliphatic rings. The highest BCUT2D eigenvalue weighted by Crippen LogP contribution is 2.34. The first-order valence-electron chi connectivity index (χ1n) is 5.51. The summed E-state index contributed by atoms with van der Waals surface area (Å²) in [6.07, 6.45) is 3.20. The number of rotatable bonds is 0. The molecule has 15 heavy (non-hydrogen) atoms. The Morgan fingerprint density at radius 1 is 1.20 bits per heavy atom. The Balaban J connectivity index is 2.03. The Morgan fingerprint density at radius 2 is 2.00 bits per heavy atom. The fourth-order valence-electron chi connectivity index (χ4n) is 2.73. The molecule has 0 unspecified atom stereocenters. The van der Waals surface area contributed by atoms with Gasteiger partial charge in [-0.05, 0) is 37.5 Å². The molecular formula is C10H15ClN4. The van der Waals surface area contributed by atoms with Crippen molar-refractivity contribution in [3.63, 3.8) is 0 Å². The van der Waals surface area contributed by atoms with Crippen LogP contribution in [0.1, 0.15) is 24.2 Å². The van der Waals surface area contributed by atoms with E-state index in [0.717, 1.165) is 44.6 Å². The molecule has 0 amide bonds. The summed E-state index contributed by atoms with van der Waals surface area (Å²) in [5.74, 6) is 0. The van der Waals surface area contributed by atoms with E-state index in [1.54, 1.807) is 0 Å². The Morgan fingerprint density at radius 3 is 2.80 bits per heavy atom. The van der Waals surface area contributed by atoms with Crippen molar-refractivity contribution in [3.8, 4) is 0 Å². The molecule has 5 heteroatoms. The van der Waals surface area contributed by atoms with Crippen molar-refractivity contribution >= 4 is 11.6 Å². The number of H-pyrrole nitrogens is 1. The van der Waals surface area contributed by atoms with E-state index in [-0.39, 0.29) is 5.54 Å². The summed E-state index contributed by atoms with van der Waals surface area (Å²) in [6.45, 7) is 3.12. The van der Waals surface area contributed by atoms with E-state index in [2.05, 4.69) is 20.6 Å². The molecule has 3 heterocycles. The van der Waals surface area contributed by atoms with E-state index < -0.39 is 0 Å². The highest BCUT2D eigenvalue weighted by Gasteiger charge is 2.39. The minimum absolute atomic E-state index is 0.0719. The van der Waals surface area contributed by atoms with Crippen molar-refractivity contribution in [2.24, 2.45) is 0 Å². The van der Waals surface area contributed by atoms with Crippen LogP contribution in [-0.4, -0.2) is 29.6 Å². The Hall–Kier alpha value is -0.580. The molecule has 0 radical (unpaired) electrons. The second-order valence-corrected chi connectivity index (χ2v) is 4.72. The fourth-order valence-corrected chi connectivity index (χ4v) is 2.93. The maximum absolute atomic E-state index is 5.94. The standard InChI is InChI=1S/C10H15ClN4/c11-9-14-7-1-4-13-10(8(7)15-9)2-5-12-6-3-10/h12-13H,1-6H2,(H,14,15). The summed E-state index contributed by atoms with van der Waals surface area (Å²) in [4.78, 5) is 7.61. The molecular weight excluding hydrogens is 212 g/mol. The molecule has 3 N–H and O–H groups in total. The van der Waals surface area contributed by atoms with Crippen LogP contribution in [0, 0.1) is 0 Å². The topological polar surface area (TPSA) is 52.7 Å². The van der Waals surface area contributed by atoms with Crippen LogP contribution in [0.25, 0.3) is 0 Å². The van der Waals surface area contributed by atoms with Crippen LogP contribution < -0.4 is 10.6 Å². The highest BCUT2D eigenvalue weighted by molar-refractivity contribution is 6.28. The molecule has 3 rings (SSSR count). The molecule has 1 aromatic rings. The lowest BCUT2D eigenvalue weighted by molar-refractivity contribution is 0.228. The third-order valence-corrected chi connectivity index (χ3v) is 3.68. The number of hydrogen-bond acceptors (Lipinski definition) is 3. The van der Waals surface area contributed by atoms with Crippen LogP contribution >= 0.6 is 11.6 Å². The van der Waals surface area contributed by atoms with Crippen molar-refractivity contribution in [2.45, 2.75) is 24.8 Å². The summed E-state index contributed by atoms with van der Waals surface area (Å²) in [6, 6.07) is 0. The lowest BCUT2D eigenvalue weighted by Crippen LogP contribution is -2.53. The predicted molar refractivity (Wildman–Crippen MR) is 59.1 cm³/mol. The molecule has 1 saturated heterocycles. The molecule has 1 fully saturated rings. The van der Waals surface area contributed by atoms with Crippen LogP contribution in [-0.2, 0) is 12.0 Å². The Bertz CT molecular complexity index is 367. The van der Waals surface area contributed by atoms with Gasteiger partial charge in [-0.1, -0.05) is 0 Å². The van der Waals surface area contributed by atoms with Gasteiger partial charge in [0, 0.05) is 18.7 Å². The van der Waals surface area contributed by atoms with Gasteiger partial charge in [0.25, 0.3) is 0 Å². The number of halogens is 1. The number of imidazole rings is 1. The predicted octanol–water partition coefficient (Wildman–Crippen LogP) is 0.787. The normalized spacial score (nSPS) is 24.1. The number of piperidine rings is 1. The maximum atomic E-state index is 5.94. The summed E-state index contributed by atoms with van der Waals surface area (Å²) >= 11 is 5.94. The largest absolute Gasteiger partial charge is 0.332 e. The summed E-state index contributed by atoms with van der Waals surface area (Å²) in [5.41, 5.74) is 2.45. The maximum Gasteiger partial charge on any atom is 0.200 e. The van der Waals surface area contributed by atoms with E-state index in [4.69, 9.17) is 11.6 Å². The van der Waals surface area contributed by atoms with Crippen LogP contribution in [0.4, 0.5) is 0 Å². The van der Waals surface area contributed by atoms with Gasteiger partial charge in [0.2, 0.25) is 5.28 Å². The van der Waals surface area contributed by atoms with Crippen LogP contribution in [0.2, 0.25) is 5.28 Å². The fraction of sp³-hybridized carbons (Fsp3) is 0.700. The lowest BCUT2D eigenvalue weighted by atomic mass is 9.81. The molecule has 1 aromatic heterocycles. The van der Waals surface area contributed by atoms with E-state index in [1.807, 2.05) is 0 Å². The minimum atomic E-state index is 0.0719. The van der Waals surface area contributed by atoms with Gasteiger partial charge in [-0.2, -0.15) is 0 Å². The molecule has 0 saturated carbocycles. The monoisotopic (exact) mass is 226 g/mol. The third kappa shape index (κ3) is 1.48. The van der Waals surface area contributed by atoms with Crippen molar-refractivity contribution in [1.82, 2.24) is 20.6 Å². The quantitative estimate of drug-likeness (QED) is 0.613. The zero-order valence-electron chi connectivity index (χ0n) is 8.57. The smallest absolute Gasteiger partial charge is 0.200 e. The second kappa shape index (κ2) is 3.47.